The summed E-state index contributed by atoms with van der Waals surface area (Å²) in [5, 5.41) is -0.234. The first-order valence-electron chi connectivity index (χ1n) is 11.0. The quantitative estimate of drug-likeness (QED) is 0.635. The second-order valence-corrected chi connectivity index (χ2v) is 11.9. The van der Waals surface area contributed by atoms with Gasteiger partial charge in [0.05, 0.1) is 28.0 Å². The lowest BCUT2D eigenvalue weighted by molar-refractivity contribution is -0.131. The third-order valence-corrected chi connectivity index (χ3v) is 9.16. The maximum absolute atomic E-state index is 13.2. The highest BCUT2D eigenvalue weighted by atomic mass is 35.5. The molecule has 1 fully saturated rings. The minimum Gasteiger partial charge on any atom is -0.417 e. The largest absolute Gasteiger partial charge is 0.417 e. The number of nitrogens with zero attached hydrogens (tertiary/aromatic N) is 3. The zero-order valence-corrected chi connectivity index (χ0v) is 20.7. The molecule has 0 bridgehead atoms. The Labute approximate surface area is 207 Å². The molecule has 2 aliphatic heterocycles. The summed E-state index contributed by atoms with van der Waals surface area (Å²) in [6.45, 7) is 0.416. The summed E-state index contributed by atoms with van der Waals surface area (Å²) >= 11 is 6.74. The molecule has 2 aliphatic rings. The third kappa shape index (κ3) is 4.97. The van der Waals surface area contributed by atoms with Gasteiger partial charge in [0.25, 0.3) is 0 Å². The summed E-state index contributed by atoms with van der Waals surface area (Å²) in [4.78, 5) is 23.2. The molecule has 0 saturated carbocycles. The number of amides is 1. The monoisotopic (exact) mass is 526 g/mol. The number of aliphatic imine (C=N–C) groups is 1. The Morgan fingerprint density at radius 2 is 2.03 bits per heavy atom. The Morgan fingerprint density at radius 3 is 2.63 bits per heavy atom. The average molecular weight is 527 g/mol. The van der Waals surface area contributed by atoms with Crippen molar-refractivity contribution in [3.05, 3.63) is 47.1 Å². The second-order valence-electron chi connectivity index (χ2n) is 8.97. The van der Waals surface area contributed by atoms with Crippen LogP contribution in [0, 0.1) is 0 Å². The number of rotatable bonds is 5. The van der Waals surface area contributed by atoms with Gasteiger partial charge >= 0.3 is 6.61 Å². The average Bonchev–Trinajstić information content (AvgIpc) is 2.76. The Kier molecular flexibility index (Phi) is 6.76. The number of aromatic nitrogens is 1. The van der Waals surface area contributed by atoms with E-state index in [1.54, 1.807) is 38.1 Å². The number of halogens is 3. The lowest BCUT2D eigenvalue weighted by Crippen LogP contribution is -2.56. The molecule has 3 atom stereocenters. The van der Waals surface area contributed by atoms with Crippen LogP contribution in [-0.4, -0.2) is 53.8 Å². The fourth-order valence-corrected chi connectivity index (χ4v) is 6.61. The van der Waals surface area contributed by atoms with Gasteiger partial charge in [-0.05, 0) is 38.3 Å². The van der Waals surface area contributed by atoms with Gasteiger partial charge in [0, 0.05) is 29.4 Å². The van der Waals surface area contributed by atoms with Crippen molar-refractivity contribution >= 4 is 33.3 Å². The van der Waals surface area contributed by atoms with Gasteiger partial charge in [0.1, 0.15) is 0 Å². The molecule has 2 aromatic rings. The zero-order chi connectivity index (χ0) is 25.5. The predicted molar refractivity (Wildman–Crippen MR) is 128 cm³/mol. The minimum atomic E-state index is -3.17. The number of hydrogen-bond acceptors (Lipinski definition) is 7. The van der Waals surface area contributed by atoms with Crippen LogP contribution in [0.15, 0.2) is 41.5 Å². The normalized spacial score (nSPS) is 26.5. The zero-order valence-electron chi connectivity index (χ0n) is 19.1. The summed E-state index contributed by atoms with van der Waals surface area (Å²) < 4.78 is 53.3. The third-order valence-electron chi connectivity index (χ3n) is 6.53. The van der Waals surface area contributed by atoms with Gasteiger partial charge in [-0.3, -0.25) is 9.69 Å². The highest BCUT2D eigenvalue weighted by Crippen LogP contribution is 2.42. The second kappa shape index (κ2) is 9.34. The molecule has 188 valence electrons. The molecule has 1 amide bonds. The Morgan fingerprint density at radius 1 is 1.29 bits per heavy atom. The molecule has 0 unspecified atom stereocenters. The molecule has 1 saturated heterocycles. The molecular weight excluding hydrogens is 502 g/mol. The SMILES string of the molecule is C[C@H]1C[C@@H](N2C(=O)C[C@@](C)(c3cccc(-c4ccc(OC(F)F)nc4)c3Cl)N=C2N)CCS1(=O)=O. The van der Waals surface area contributed by atoms with Gasteiger partial charge in [-0.15, -0.1) is 0 Å². The molecule has 2 N–H and O–H groups in total. The number of nitrogens with two attached hydrogens (primary N) is 1. The number of sulfone groups is 1. The van der Waals surface area contributed by atoms with Crippen molar-refractivity contribution in [3.8, 4) is 17.0 Å². The van der Waals surface area contributed by atoms with Crippen LogP contribution in [0.4, 0.5) is 8.78 Å². The maximum atomic E-state index is 13.2. The van der Waals surface area contributed by atoms with E-state index in [4.69, 9.17) is 17.3 Å². The molecular formula is C23H25ClF2N4O4S. The number of carbonyl (C=O) groups is 1. The van der Waals surface area contributed by atoms with E-state index in [-0.39, 0.29) is 36.0 Å². The van der Waals surface area contributed by atoms with Crippen molar-refractivity contribution in [2.24, 2.45) is 10.7 Å². The van der Waals surface area contributed by atoms with Gasteiger partial charge in [-0.2, -0.15) is 8.78 Å². The van der Waals surface area contributed by atoms with E-state index in [1.807, 2.05) is 0 Å². The number of guanidine groups is 1. The molecule has 12 heteroatoms. The molecule has 1 aromatic heterocycles. The summed E-state index contributed by atoms with van der Waals surface area (Å²) in [6, 6.07) is 7.78. The number of alkyl halides is 2. The summed E-state index contributed by atoms with van der Waals surface area (Å²) in [6.07, 6.45) is 1.97. The Balaban J connectivity index is 1.64. The van der Waals surface area contributed by atoms with Crippen molar-refractivity contribution in [1.29, 1.82) is 0 Å². The van der Waals surface area contributed by atoms with Crippen LogP contribution in [0.5, 0.6) is 5.88 Å². The standard InChI is InChI=1S/C23H25ClF2N4O4S/c1-13-10-15(8-9-35(13,32)33)30-19(31)11-23(2,29-22(30)27)17-5-3-4-16(20(17)24)14-6-7-18(28-12-14)34-21(25)26/h3-7,12-13,15,21H,8-11H2,1-2H3,(H2,27,29)/t13-,15-,23-/m0/s1. The molecule has 35 heavy (non-hydrogen) atoms. The fraction of sp³-hybridized carbons (Fsp3) is 0.435. The first kappa shape index (κ1) is 25.3. The van der Waals surface area contributed by atoms with Crippen LogP contribution in [-0.2, 0) is 20.2 Å². The molecule has 1 aromatic carbocycles. The highest BCUT2D eigenvalue weighted by molar-refractivity contribution is 7.92. The van der Waals surface area contributed by atoms with Gasteiger partial charge < -0.3 is 10.5 Å². The van der Waals surface area contributed by atoms with E-state index in [0.29, 0.717) is 34.6 Å². The first-order valence-corrected chi connectivity index (χ1v) is 13.1. The van der Waals surface area contributed by atoms with Crippen molar-refractivity contribution in [3.63, 3.8) is 0 Å². The molecule has 3 heterocycles. The van der Waals surface area contributed by atoms with Crippen molar-refractivity contribution in [2.75, 3.05) is 5.75 Å². The maximum Gasteiger partial charge on any atom is 0.388 e. The number of ether oxygens (including phenoxy) is 1. The van der Waals surface area contributed by atoms with Crippen LogP contribution in [0.3, 0.4) is 0 Å². The van der Waals surface area contributed by atoms with E-state index in [1.165, 1.54) is 17.2 Å². The Hall–Kier alpha value is -2.79. The number of hydrogen-bond donors (Lipinski definition) is 1. The van der Waals surface area contributed by atoms with Crippen LogP contribution in [0.1, 0.15) is 38.7 Å². The molecule has 8 nitrogen and oxygen atoms in total. The highest BCUT2D eigenvalue weighted by Gasteiger charge is 2.44. The van der Waals surface area contributed by atoms with Gasteiger partial charge in [-0.1, -0.05) is 29.8 Å². The predicted octanol–water partition coefficient (Wildman–Crippen LogP) is 3.73. The van der Waals surface area contributed by atoms with Crippen LogP contribution < -0.4 is 10.5 Å². The summed E-state index contributed by atoms with van der Waals surface area (Å²) in [5.74, 6) is -0.455. The van der Waals surface area contributed by atoms with E-state index < -0.39 is 27.2 Å². The number of pyridine rings is 1. The topological polar surface area (TPSA) is 115 Å². The lowest BCUT2D eigenvalue weighted by Gasteiger charge is -2.41. The van der Waals surface area contributed by atoms with Gasteiger partial charge in [0.15, 0.2) is 15.8 Å². The first-order chi connectivity index (χ1) is 16.4. The van der Waals surface area contributed by atoms with Crippen LogP contribution in [0.2, 0.25) is 5.02 Å². The van der Waals surface area contributed by atoms with Crippen LogP contribution in [0.25, 0.3) is 11.1 Å². The van der Waals surface area contributed by atoms with Gasteiger partial charge in [-0.25, -0.2) is 18.4 Å². The smallest absolute Gasteiger partial charge is 0.388 e. The van der Waals surface area contributed by atoms with E-state index >= 15 is 0 Å². The molecule has 0 radical (unpaired) electrons. The number of benzene rings is 1. The van der Waals surface area contributed by atoms with Crippen molar-refractivity contribution < 1.29 is 26.7 Å². The minimum absolute atomic E-state index is 0.00376. The fourth-order valence-electron chi connectivity index (χ4n) is 4.65. The van der Waals surface area contributed by atoms with E-state index in [0.717, 1.165) is 0 Å². The van der Waals surface area contributed by atoms with E-state index in [2.05, 4.69) is 14.7 Å². The van der Waals surface area contributed by atoms with E-state index in [9.17, 15) is 22.0 Å². The van der Waals surface area contributed by atoms with Crippen LogP contribution >= 0.6 is 11.6 Å². The van der Waals surface area contributed by atoms with Gasteiger partial charge in [0.2, 0.25) is 11.8 Å². The summed E-state index contributed by atoms with van der Waals surface area (Å²) in [5.41, 5.74) is 6.93. The lowest BCUT2D eigenvalue weighted by atomic mass is 9.85. The summed E-state index contributed by atoms with van der Waals surface area (Å²) in [7, 11) is -3.17. The van der Waals surface area contributed by atoms with Crippen molar-refractivity contribution in [1.82, 2.24) is 9.88 Å². The Bertz CT molecular complexity index is 1270. The molecule has 4 rings (SSSR count). The molecule has 0 spiro atoms. The molecule has 0 aliphatic carbocycles. The van der Waals surface area contributed by atoms with Crippen molar-refractivity contribution in [2.45, 2.75) is 56.6 Å². The number of carbonyl (C=O) groups excluding carboxylic acids is 1.